The van der Waals surface area contributed by atoms with E-state index in [1.54, 1.807) is 6.08 Å². The number of carbonyl (C=O) groups is 1. The fourth-order valence-electron chi connectivity index (χ4n) is 2.49. The monoisotopic (exact) mass is 194 g/mol. The average Bonchev–Trinajstić information content (AvgIpc) is 2.17. The van der Waals surface area contributed by atoms with E-state index in [0.717, 1.165) is 25.9 Å². The van der Waals surface area contributed by atoms with Crippen molar-refractivity contribution in [3.63, 3.8) is 0 Å². The van der Waals surface area contributed by atoms with Crippen LogP contribution in [0.2, 0.25) is 0 Å². The molecule has 1 atom stereocenters. The number of aliphatic imine (C=N–C) groups is 1. The lowest BCUT2D eigenvalue weighted by molar-refractivity contribution is -0.130. The molecule has 0 aromatic heterocycles. The number of hydrogen-bond donors (Lipinski definition) is 1. The number of ketones is 1. The molecule has 0 radical (unpaired) electrons. The number of nitrogens with zero attached hydrogens (tertiary/aromatic N) is 1. The summed E-state index contributed by atoms with van der Waals surface area (Å²) in [5.74, 6) is 0.560. The van der Waals surface area contributed by atoms with Gasteiger partial charge in [0, 0.05) is 19.4 Å². The van der Waals surface area contributed by atoms with Crippen molar-refractivity contribution in [3.8, 4) is 0 Å². The summed E-state index contributed by atoms with van der Waals surface area (Å²) in [6.07, 6.45) is 4.67. The minimum Gasteiger partial charge on any atom is -0.316 e. The van der Waals surface area contributed by atoms with Crippen LogP contribution in [0.1, 0.15) is 25.7 Å². The molecule has 1 N–H and O–H groups in total. The molecule has 1 aliphatic carbocycles. The van der Waals surface area contributed by atoms with Crippen LogP contribution in [0.5, 0.6) is 0 Å². The summed E-state index contributed by atoms with van der Waals surface area (Å²) in [6.45, 7) is 1.91. The molecular weight excluding hydrogens is 180 g/mol. The van der Waals surface area contributed by atoms with Crippen molar-refractivity contribution >= 4 is 11.9 Å². The van der Waals surface area contributed by atoms with E-state index in [-0.39, 0.29) is 5.78 Å². The van der Waals surface area contributed by atoms with Gasteiger partial charge in [-0.3, -0.25) is 4.79 Å². The van der Waals surface area contributed by atoms with Crippen molar-refractivity contribution in [3.05, 3.63) is 0 Å². The van der Waals surface area contributed by atoms with E-state index in [1.165, 1.54) is 0 Å². The number of nitrogens with one attached hydrogen (secondary N) is 1. The third kappa shape index (κ3) is 1.51. The van der Waals surface area contributed by atoms with Crippen molar-refractivity contribution in [2.24, 2.45) is 10.9 Å². The molecule has 1 aliphatic heterocycles. The first-order valence-corrected chi connectivity index (χ1v) is 5.08. The van der Waals surface area contributed by atoms with Gasteiger partial charge in [0.15, 0.2) is 0 Å². The summed E-state index contributed by atoms with van der Waals surface area (Å²) in [5.41, 5.74) is -0.397. The summed E-state index contributed by atoms with van der Waals surface area (Å²) in [4.78, 5) is 25.2. The Balaban J connectivity index is 2.10. The first-order chi connectivity index (χ1) is 6.77. The van der Waals surface area contributed by atoms with E-state index in [2.05, 4.69) is 10.3 Å². The number of Topliss-reactive ketones (excluding diaryl/α,β-unsaturated/α-hetero) is 1. The smallest absolute Gasteiger partial charge is 0.235 e. The fraction of sp³-hybridized carbons (Fsp3) is 0.800. The molecular formula is C10H14N2O2. The highest BCUT2D eigenvalue weighted by atomic mass is 16.1. The molecule has 4 nitrogen and oxygen atoms in total. The molecule has 1 heterocycles. The highest BCUT2D eigenvalue weighted by molar-refractivity contribution is 5.88. The van der Waals surface area contributed by atoms with Gasteiger partial charge in [-0.1, -0.05) is 0 Å². The molecule has 2 rings (SSSR count). The minimum absolute atomic E-state index is 0.217. The molecule has 0 aromatic carbocycles. The highest BCUT2D eigenvalue weighted by Crippen LogP contribution is 2.41. The van der Waals surface area contributed by atoms with Gasteiger partial charge >= 0.3 is 0 Å². The summed E-state index contributed by atoms with van der Waals surface area (Å²) in [5, 5.41) is 3.28. The van der Waals surface area contributed by atoms with Gasteiger partial charge in [-0.25, -0.2) is 4.79 Å². The SMILES string of the molecule is O=C=NC1(C2CCCNC2)CC(=O)C1. The summed E-state index contributed by atoms with van der Waals surface area (Å²) in [7, 11) is 0. The Morgan fingerprint density at radius 3 is 2.79 bits per heavy atom. The quantitative estimate of drug-likeness (QED) is 0.512. The standard InChI is InChI=1S/C10H14N2O2/c13-7-12-10(4-9(14)5-10)8-2-1-3-11-6-8/h8,11H,1-6H2. The Morgan fingerprint density at radius 2 is 2.29 bits per heavy atom. The molecule has 1 unspecified atom stereocenters. The van der Waals surface area contributed by atoms with E-state index in [4.69, 9.17) is 0 Å². The highest BCUT2D eigenvalue weighted by Gasteiger charge is 2.49. The van der Waals surface area contributed by atoms with Crippen LogP contribution in [-0.2, 0) is 9.59 Å². The van der Waals surface area contributed by atoms with Crippen molar-refractivity contribution in [1.82, 2.24) is 5.32 Å². The maximum Gasteiger partial charge on any atom is 0.235 e. The molecule has 0 spiro atoms. The van der Waals surface area contributed by atoms with Gasteiger partial charge in [0.05, 0.1) is 5.54 Å². The zero-order valence-corrected chi connectivity index (χ0v) is 8.08. The number of rotatable bonds is 2. The Labute approximate surface area is 82.8 Å². The zero-order valence-electron chi connectivity index (χ0n) is 8.08. The average molecular weight is 194 g/mol. The second-order valence-corrected chi connectivity index (χ2v) is 4.24. The maximum absolute atomic E-state index is 11.0. The molecule has 1 saturated carbocycles. The van der Waals surface area contributed by atoms with Gasteiger partial charge in [-0.05, 0) is 25.3 Å². The third-order valence-electron chi connectivity index (χ3n) is 3.33. The van der Waals surface area contributed by atoms with Crippen LogP contribution in [-0.4, -0.2) is 30.5 Å². The molecule has 0 amide bonds. The lowest BCUT2D eigenvalue weighted by Crippen LogP contribution is -2.53. The molecule has 76 valence electrons. The van der Waals surface area contributed by atoms with Crippen LogP contribution < -0.4 is 5.32 Å². The van der Waals surface area contributed by atoms with Crippen LogP contribution in [0, 0.1) is 5.92 Å². The van der Waals surface area contributed by atoms with Crippen LogP contribution in [0.25, 0.3) is 0 Å². The van der Waals surface area contributed by atoms with Gasteiger partial charge in [0.25, 0.3) is 0 Å². The van der Waals surface area contributed by atoms with E-state index >= 15 is 0 Å². The van der Waals surface area contributed by atoms with Crippen LogP contribution in [0.4, 0.5) is 0 Å². The van der Waals surface area contributed by atoms with Gasteiger partial charge < -0.3 is 5.32 Å². The Morgan fingerprint density at radius 1 is 1.50 bits per heavy atom. The largest absolute Gasteiger partial charge is 0.316 e. The first kappa shape index (κ1) is 9.56. The number of isocyanates is 1. The fourth-order valence-corrected chi connectivity index (χ4v) is 2.49. The maximum atomic E-state index is 11.0. The molecule has 2 fully saturated rings. The summed E-state index contributed by atoms with van der Waals surface area (Å²) < 4.78 is 0. The topological polar surface area (TPSA) is 58.5 Å². The van der Waals surface area contributed by atoms with Gasteiger partial charge in [-0.2, -0.15) is 4.99 Å². The first-order valence-electron chi connectivity index (χ1n) is 5.08. The lowest BCUT2D eigenvalue weighted by atomic mass is 9.65. The van der Waals surface area contributed by atoms with Crippen LogP contribution >= 0.6 is 0 Å². The number of hydrogen-bond acceptors (Lipinski definition) is 4. The summed E-state index contributed by atoms with van der Waals surface area (Å²) >= 11 is 0. The molecule has 0 bridgehead atoms. The normalized spacial score (nSPS) is 30.3. The van der Waals surface area contributed by atoms with Crippen molar-refractivity contribution in [2.75, 3.05) is 13.1 Å². The molecule has 14 heavy (non-hydrogen) atoms. The van der Waals surface area contributed by atoms with Crippen LogP contribution in [0.3, 0.4) is 0 Å². The van der Waals surface area contributed by atoms with Crippen molar-refractivity contribution in [2.45, 2.75) is 31.2 Å². The van der Waals surface area contributed by atoms with Gasteiger partial charge in [0.1, 0.15) is 5.78 Å². The molecule has 2 aliphatic rings. The summed E-state index contributed by atoms with van der Waals surface area (Å²) in [6, 6.07) is 0. The molecule has 4 heteroatoms. The minimum atomic E-state index is -0.397. The Bertz CT molecular complexity index is 280. The van der Waals surface area contributed by atoms with E-state index < -0.39 is 5.54 Å². The number of carbonyl (C=O) groups excluding carboxylic acids is 2. The number of piperidine rings is 1. The molecule has 1 saturated heterocycles. The second-order valence-electron chi connectivity index (χ2n) is 4.24. The lowest BCUT2D eigenvalue weighted by Gasteiger charge is -2.43. The van der Waals surface area contributed by atoms with Crippen molar-refractivity contribution < 1.29 is 9.59 Å². The predicted octanol–water partition coefficient (Wildman–Crippen LogP) is 0.424. The van der Waals surface area contributed by atoms with E-state index in [9.17, 15) is 9.59 Å². The second kappa shape index (κ2) is 3.64. The van der Waals surface area contributed by atoms with Gasteiger partial charge in [0.2, 0.25) is 6.08 Å². The third-order valence-corrected chi connectivity index (χ3v) is 3.33. The van der Waals surface area contributed by atoms with Crippen LogP contribution in [0.15, 0.2) is 4.99 Å². The molecule has 0 aromatic rings. The van der Waals surface area contributed by atoms with Gasteiger partial charge in [-0.15, -0.1) is 0 Å². The van der Waals surface area contributed by atoms with Crippen molar-refractivity contribution in [1.29, 1.82) is 0 Å². The Kier molecular flexibility index (Phi) is 2.48. The van der Waals surface area contributed by atoms with E-state index in [1.807, 2.05) is 0 Å². The predicted molar refractivity (Wildman–Crippen MR) is 50.7 cm³/mol. The van der Waals surface area contributed by atoms with E-state index in [0.29, 0.717) is 18.8 Å². The Hall–Kier alpha value is -0.990. The zero-order chi connectivity index (χ0) is 10.0.